The van der Waals surface area contributed by atoms with Crippen LogP contribution in [-0.4, -0.2) is 12.6 Å². The lowest BCUT2D eigenvalue weighted by molar-refractivity contribution is -0.137. The lowest BCUT2D eigenvalue weighted by Gasteiger charge is -2.34. The van der Waals surface area contributed by atoms with Gasteiger partial charge in [0.15, 0.2) is 0 Å². The molecule has 19 heavy (non-hydrogen) atoms. The van der Waals surface area contributed by atoms with Crippen LogP contribution in [0.4, 0.5) is 0 Å². The van der Waals surface area contributed by atoms with Gasteiger partial charge in [0.1, 0.15) is 18.1 Å². The summed E-state index contributed by atoms with van der Waals surface area (Å²) in [4.78, 5) is 11.7. The van der Waals surface area contributed by atoms with Crippen LogP contribution in [-0.2, 0) is 10.2 Å². The molecule has 1 heterocycles. The minimum Gasteiger partial charge on any atom is -0.489 e. The second-order valence-electron chi connectivity index (χ2n) is 5.66. The first kappa shape index (κ1) is 13.7. The van der Waals surface area contributed by atoms with Gasteiger partial charge in [-0.25, -0.2) is 0 Å². The highest BCUT2D eigenvalue weighted by atomic mass is 16.5. The maximum atomic E-state index is 11.7. The molecule has 0 N–H and O–H groups in total. The third-order valence-electron chi connectivity index (χ3n) is 3.51. The second kappa shape index (κ2) is 4.72. The zero-order valence-electron chi connectivity index (χ0n) is 12.0. The van der Waals surface area contributed by atoms with Gasteiger partial charge < -0.3 is 9.47 Å². The van der Waals surface area contributed by atoms with Crippen molar-refractivity contribution in [2.45, 2.75) is 39.5 Å². The van der Waals surface area contributed by atoms with Crippen LogP contribution in [0.3, 0.4) is 0 Å². The number of carbonyl (C=O) groups excluding carboxylic acids is 1. The third-order valence-corrected chi connectivity index (χ3v) is 3.51. The van der Waals surface area contributed by atoms with Gasteiger partial charge in [-0.05, 0) is 31.0 Å². The Kier molecular flexibility index (Phi) is 3.40. The number of carbonyl (C=O) groups is 1. The Morgan fingerprint density at radius 1 is 1.47 bits per heavy atom. The Labute approximate surface area is 114 Å². The molecule has 0 fully saturated rings. The molecule has 1 aromatic carbocycles. The Balaban J connectivity index is 2.60. The van der Waals surface area contributed by atoms with E-state index in [9.17, 15) is 4.79 Å². The standard InChI is InChI=1S/C16H20O3/c1-6-7-18-12-8-10(2)15-14(11(12)3)16(4,5)9-13(17)19-15/h6,8H,1,7,9H2,2-5H3. The summed E-state index contributed by atoms with van der Waals surface area (Å²) in [6.07, 6.45) is 2.12. The van der Waals surface area contributed by atoms with Crippen LogP contribution in [0.2, 0.25) is 0 Å². The van der Waals surface area contributed by atoms with E-state index in [0.717, 1.165) is 22.4 Å². The van der Waals surface area contributed by atoms with E-state index >= 15 is 0 Å². The molecule has 0 saturated carbocycles. The van der Waals surface area contributed by atoms with Gasteiger partial charge in [-0.1, -0.05) is 26.5 Å². The van der Waals surface area contributed by atoms with Crippen LogP contribution in [0.5, 0.6) is 11.5 Å². The van der Waals surface area contributed by atoms with E-state index in [1.807, 2.05) is 19.9 Å². The van der Waals surface area contributed by atoms with E-state index in [-0.39, 0.29) is 11.4 Å². The number of rotatable bonds is 3. The van der Waals surface area contributed by atoms with Gasteiger partial charge in [0.2, 0.25) is 0 Å². The molecule has 0 amide bonds. The predicted molar refractivity (Wildman–Crippen MR) is 74.9 cm³/mol. The van der Waals surface area contributed by atoms with Crippen LogP contribution in [0.15, 0.2) is 18.7 Å². The third kappa shape index (κ3) is 2.37. The fourth-order valence-electron chi connectivity index (χ4n) is 2.71. The van der Waals surface area contributed by atoms with Crippen molar-refractivity contribution in [1.82, 2.24) is 0 Å². The highest BCUT2D eigenvalue weighted by Gasteiger charge is 2.37. The van der Waals surface area contributed by atoms with Crippen molar-refractivity contribution in [2.24, 2.45) is 0 Å². The molecule has 3 heteroatoms. The van der Waals surface area contributed by atoms with E-state index in [2.05, 4.69) is 20.4 Å². The summed E-state index contributed by atoms with van der Waals surface area (Å²) in [6.45, 7) is 12.2. The monoisotopic (exact) mass is 260 g/mol. The summed E-state index contributed by atoms with van der Waals surface area (Å²) >= 11 is 0. The van der Waals surface area contributed by atoms with Gasteiger partial charge in [0.25, 0.3) is 0 Å². The molecule has 0 radical (unpaired) electrons. The minimum absolute atomic E-state index is 0.167. The molecular formula is C16H20O3. The lowest BCUT2D eigenvalue weighted by atomic mass is 9.76. The largest absolute Gasteiger partial charge is 0.489 e. The van der Waals surface area contributed by atoms with Crippen molar-refractivity contribution < 1.29 is 14.3 Å². The summed E-state index contributed by atoms with van der Waals surface area (Å²) in [5.41, 5.74) is 2.82. The van der Waals surface area contributed by atoms with E-state index < -0.39 is 0 Å². The summed E-state index contributed by atoms with van der Waals surface area (Å²) in [7, 11) is 0. The fraction of sp³-hybridized carbons (Fsp3) is 0.438. The zero-order chi connectivity index (χ0) is 14.2. The maximum absolute atomic E-state index is 11.7. The molecule has 0 atom stereocenters. The smallest absolute Gasteiger partial charge is 0.312 e. The first-order valence-corrected chi connectivity index (χ1v) is 6.46. The van der Waals surface area contributed by atoms with Crippen LogP contribution < -0.4 is 9.47 Å². The molecule has 0 unspecified atom stereocenters. The van der Waals surface area contributed by atoms with E-state index in [1.165, 1.54) is 0 Å². The number of hydrogen-bond donors (Lipinski definition) is 0. The molecule has 0 spiro atoms. The van der Waals surface area contributed by atoms with Crippen LogP contribution in [0, 0.1) is 13.8 Å². The molecule has 2 rings (SSSR count). The lowest BCUT2D eigenvalue weighted by Crippen LogP contribution is -2.32. The Morgan fingerprint density at radius 2 is 2.16 bits per heavy atom. The highest BCUT2D eigenvalue weighted by Crippen LogP contribution is 2.45. The number of ether oxygens (including phenoxy) is 2. The van der Waals surface area contributed by atoms with Gasteiger partial charge in [-0.15, -0.1) is 0 Å². The fourth-order valence-corrected chi connectivity index (χ4v) is 2.71. The molecule has 0 aliphatic carbocycles. The molecule has 0 aromatic heterocycles. The summed E-state index contributed by atoms with van der Waals surface area (Å²) < 4.78 is 11.1. The minimum atomic E-state index is -0.229. The van der Waals surface area contributed by atoms with Gasteiger partial charge in [0.05, 0.1) is 6.42 Å². The Morgan fingerprint density at radius 3 is 2.79 bits per heavy atom. The van der Waals surface area contributed by atoms with Crippen molar-refractivity contribution in [2.75, 3.05) is 6.61 Å². The van der Waals surface area contributed by atoms with Crippen molar-refractivity contribution >= 4 is 5.97 Å². The molecule has 0 bridgehead atoms. The molecule has 1 aromatic rings. The van der Waals surface area contributed by atoms with Gasteiger partial charge in [-0.2, -0.15) is 0 Å². The van der Waals surface area contributed by atoms with Gasteiger partial charge in [0, 0.05) is 11.0 Å². The predicted octanol–water partition coefficient (Wildman–Crippen LogP) is 3.45. The van der Waals surface area contributed by atoms with Gasteiger partial charge >= 0.3 is 5.97 Å². The first-order valence-electron chi connectivity index (χ1n) is 6.46. The zero-order valence-corrected chi connectivity index (χ0v) is 12.0. The van der Waals surface area contributed by atoms with Crippen LogP contribution in [0.1, 0.15) is 37.0 Å². The second-order valence-corrected chi connectivity index (χ2v) is 5.66. The summed E-state index contributed by atoms with van der Waals surface area (Å²) in [5.74, 6) is 1.37. The first-order chi connectivity index (χ1) is 8.86. The number of benzene rings is 1. The normalized spacial score (nSPS) is 16.5. The highest BCUT2D eigenvalue weighted by molar-refractivity contribution is 5.79. The van der Waals surface area contributed by atoms with Crippen molar-refractivity contribution in [3.05, 3.63) is 35.4 Å². The molecule has 1 aliphatic heterocycles. The SMILES string of the molecule is C=CCOc1cc(C)c2c(c1C)C(C)(C)CC(=O)O2. The van der Waals surface area contributed by atoms with Crippen molar-refractivity contribution in [3.63, 3.8) is 0 Å². The average Bonchev–Trinajstić information content (AvgIpc) is 2.29. The van der Waals surface area contributed by atoms with E-state index in [4.69, 9.17) is 9.47 Å². The quantitative estimate of drug-likeness (QED) is 0.474. The molecule has 0 saturated heterocycles. The topological polar surface area (TPSA) is 35.5 Å². The van der Waals surface area contributed by atoms with Crippen molar-refractivity contribution in [1.29, 1.82) is 0 Å². The maximum Gasteiger partial charge on any atom is 0.312 e. The van der Waals surface area contributed by atoms with Crippen LogP contribution >= 0.6 is 0 Å². The van der Waals surface area contributed by atoms with Crippen molar-refractivity contribution in [3.8, 4) is 11.5 Å². The molecule has 3 nitrogen and oxygen atoms in total. The van der Waals surface area contributed by atoms with Crippen LogP contribution in [0.25, 0.3) is 0 Å². The Bertz CT molecular complexity index is 541. The Hall–Kier alpha value is -1.77. The molecule has 102 valence electrons. The number of esters is 1. The van der Waals surface area contributed by atoms with Gasteiger partial charge in [-0.3, -0.25) is 4.79 Å². The van der Waals surface area contributed by atoms with E-state index in [0.29, 0.717) is 18.8 Å². The summed E-state index contributed by atoms with van der Waals surface area (Å²) in [6, 6.07) is 1.92. The summed E-state index contributed by atoms with van der Waals surface area (Å²) in [5, 5.41) is 0. The number of hydrogen-bond acceptors (Lipinski definition) is 3. The number of aryl methyl sites for hydroxylation is 1. The number of fused-ring (bicyclic) bond motifs is 1. The molecular weight excluding hydrogens is 240 g/mol. The molecule has 1 aliphatic rings. The van der Waals surface area contributed by atoms with E-state index in [1.54, 1.807) is 6.08 Å². The average molecular weight is 260 g/mol.